The SMILES string of the molecule is COC(=O)C(C)(C)CNC(=O)CCc1ccccn1. The number of nitrogens with zero attached hydrogens (tertiary/aromatic N) is 1. The zero-order valence-corrected chi connectivity index (χ0v) is 11.6. The smallest absolute Gasteiger partial charge is 0.313 e. The molecule has 5 heteroatoms. The zero-order chi connectivity index (χ0) is 14.3. The fourth-order valence-electron chi connectivity index (χ4n) is 1.54. The van der Waals surface area contributed by atoms with Gasteiger partial charge < -0.3 is 10.1 Å². The van der Waals surface area contributed by atoms with Crippen molar-refractivity contribution in [3.63, 3.8) is 0 Å². The van der Waals surface area contributed by atoms with E-state index in [9.17, 15) is 9.59 Å². The largest absolute Gasteiger partial charge is 0.469 e. The maximum Gasteiger partial charge on any atom is 0.313 e. The molecule has 0 fully saturated rings. The number of methoxy groups -OCH3 is 1. The molecule has 0 unspecified atom stereocenters. The molecule has 1 aromatic rings. The van der Waals surface area contributed by atoms with E-state index >= 15 is 0 Å². The molecule has 1 rings (SSSR count). The van der Waals surface area contributed by atoms with Gasteiger partial charge in [0.05, 0.1) is 12.5 Å². The summed E-state index contributed by atoms with van der Waals surface area (Å²) < 4.78 is 4.68. The van der Waals surface area contributed by atoms with E-state index in [1.807, 2.05) is 18.2 Å². The molecule has 0 atom stereocenters. The average Bonchev–Trinajstić information content (AvgIpc) is 2.43. The van der Waals surface area contributed by atoms with Crippen LogP contribution in [0.4, 0.5) is 0 Å². The van der Waals surface area contributed by atoms with Gasteiger partial charge in [0.2, 0.25) is 5.91 Å². The molecule has 1 aromatic heterocycles. The van der Waals surface area contributed by atoms with Crippen molar-refractivity contribution in [3.8, 4) is 0 Å². The lowest BCUT2D eigenvalue weighted by Crippen LogP contribution is -2.39. The third-order valence-corrected chi connectivity index (χ3v) is 2.80. The van der Waals surface area contributed by atoms with Gasteiger partial charge in [0.15, 0.2) is 0 Å². The summed E-state index contributed by atoms with van der Waals surface area (Å²) in [7, 11) is 1.34. The van der Waals surface area contributed by atoms with Gasteiger partial charge in [-0.1, -0.05) is 6.07 Å². The molecular formula is C14H20N2O3. The summed E-state index contributed by atoms with van der Waals surface area (Å²) in [5, 5.41) is 2.74. The van der Waals surface area contributed by atoms with E-state index in [-0.39, 0.29) is 18.4 Å². The Morgan fingerprint density at radius 3 is 2.68 bits per heavy atom. The molecule has 104 valence electrons. The Morgan fingerprint density at radius 2 is 2.11 bits per heavy atom. The number of rotatable bonds is 6. The summed E-state index contributed by atoms with van der Waals surface area (Å²) in [6.07, 6.45) is 2.65. The highest BCUT2D eigenvalue weighted by Crippen LogP contribution is 2.15. The van der Waals surface area contributed by atoms with Gasteiger partial charge in [-0.05, 0) is 32.4 Å². The van der Waals surface area contributed by atoms with Gasteiger partial charge in [0, 0.05) is 24.9 Å². The minimum absolute atomic E-state index is 0.0948. The quantitative estimate of drug-likeness (QED) is 0.787. The van der Waals surface area contributed by atoms with Gasteiger partial charge in [0.25, 0.3) is 0 Å². The first kappa shape index (κ1) is 15.1. The number of esters is 1. The zero-order valence-electron chi connectivity index (χ0n) is 11.6. The van der Waals surface area contributed by atoms with E-state index < -0.39 is 5.41 Å². The number of nitrogens with one attached hydrogen (secondary N) is 1. The maximum absolute atomic E-state index is 11.7. The standard InChI is InChI=1S/C14H20N2O3/c1-14(2,13(18)19-3)10-16-12(17)8-7-11-6-4-5-9-15-11/h4-6,9H,7-8,10H2,1-3H3,(H,16,17). The molecule has 0 aliphatic heterocycles. The van der Waals surface area contributed by atoms with Crippen LogP contribution in [0.15, 0.2) is 24.4 Å². The minimum Gasteiger partial charge on any atom is -0.469 e. The number of hydrogen-bond donors (Lipinski definition) is 1. The molecule has 0 saturated heterocycles. The molecule has 5 nitrogen and oxygen atoms in total. The minimum atomic E-state index is -0.713. The van der Waals surface area contributed by atoms with Gasteiger partial charge in [-0.2, -0.15) is 0 Å². The van der Waals surface area contributed by atoms with Crippen molar-refractivity contribution in [2.45, 2.75) is 26.7 Å². The number of carbonyl (C=O) groups excluding carboxylic acids is 2. The highest BCUT2D eigenvalue weighted by atomic mass is 16.5. The molecule has 1 N–H and O–H groups in total. The third-order valence-electron chi connectivity index (χ3n) is 2.80. The second-order valence-corrected chi connectivity index (χ2v) is 4.97. The van der Waals surface area contributed by atoms with Gasteiger partial charge in [-0.3, -0.25) is 14.6 Å². The number of aromatic nitrogens is 1. The summed E-state index contributed by atoms with van der Waals surface area (Å²) in [4.78, 5) is 27.3. The van der Waals surface area contributed by atoms with E-state index in [2.05, 4.69) is 15.0 Å². The van der Waals surface area contributed by atoms with Crippen LogP contribution in [0.3, 0.4) is 0 Å². The van der Waals surface area contributed by atoms with Crippen molar-refractivity contribution in [1.29, 1.82) is 0 Å². The molecule has 0 aromatic carbocycles. The Morgan fingerprint density at radius 1 is 1.37 bits per heavy atom. The lowest BCUT2D eigenvalue weighted by Gasteiger charge is -2.21. The molecule has 0 aliphatic carbocycles. The maximum atomic E-state index is 11.7. The van der Waals surface area contributed by atoms with Crippen molar-refractivity contribution in [2.24, 2.45) is 5.41 Å². The van der Waals surface area contributed by atoms with Crippen molar-refractivity contribution in [3.05, 3.63) is 30.1 Å². The number of amides is 1. The highest BCUT2D eigenvalue weighted by Gasteiger charge is 2.28. The van der Waals surface area contributed by atoms with Crippen molar-refractivity contribution < 1.29 is 14.3 Å². The van der Waals surface area contributed by atoms with Crippen LogP contribution in [0.2, 0.25) is 0 Å². The molecule has 0 spiro atoms. The first-order valence-electron chi connectivity index (χ1n) is 6.21. The topological polar surface area (TPSA) is 68.3 Å². The molecule has 0 bridgehead atoms. The Hall–Kier alpha value is -1.91. The van der Waals surface area contributed by atoms with Crippen molar-refractivity contribution >= 4 is 11.9 Å². The second-order valence-electron chi connectivity index (χ2n) is 4.97. The predicted molar refractivity (Wildman–Crippen MR) is 71.4 cm³/mol. The van der Waals surface area contributed by atoms with Crippen LogP contribution in [-0.4, -0.2) is 30.5 Å². The van der Waals surface area contributed by atoms with Crippen LogP contribution < -0.4 is 5.32 Å². The lowest BCUT2D eigenvalue weighted by atomic mass is 9.94. The van der Waals surface area contributed by atoms with Crippen LogP contribution in [0, 0.1) is 5.41 Å². The van der Waals surface area contributed by atoms with E-state index in [1.165, 1.54) is 7.11 Å². The lowest BCUT2D eigenvalue weighted by molar-refractivity contribution is -0.150. The number of carbonyl (C=O) groups is 2. The number of ether oxygens (including phenoxy) is 1. The fraction of sp³-hybridized carbons (Fsp3) is 0.500. The number of aryl methyl sites for hydroxylation is 1. The molecule has 1 heterocycles. The Bertz CT molecular complexity index is 430. The van der Waals surface area contributed by atoms with Gasteiger partial charge in [-0.25, -0.2) is 0 Å². The normalized spacial score (nSPS) is 10.9. The van der Waals surface area contributed by atoms with Crippen LogP contribution >= 0.6 is 0 Å². The molecule has 0 radical (unpaired) electrons. The second kappa shape index (κ2) is 6.87. The summed E-state index contributed by atoms with van der Waals surface area (Å²) in [6.45, 7) is 3.73. The van der Waals surface area contributed by atoms with Crippen molar-refractivity contribution in [1.82, 2.24) is 10.3 Å². The Labute approximate surface area is 113 Å². The number of pyridine rings is 1. The third kappa shape index (κ3) is 5.07. The van der Waals surface area contributed by atoms with Crippen LogP contribution in [0.1, 0.15) is 26.0 Å². The molecule has 0 aliphatic rings. The van der Waals surface area contributed by atoms with Gasteiger partial charge in [0.1, 0.15) is 0 Å². The van der Waals surface area contributed by atoms with E-state index in [4.69, 9.17) is 0 Å². The molecule has 1 amide bonds. The van der Waals surface area contributed by atoms with E-state index in [1.54, 1.807) is 20.0 Å². The predicted octanol–water partition coefficient (Wildman–Crippen LogP) is 1.33. The summed E-state index contributed by atoms with van der Waals surface area (Å²) in [6, 6.07) is 5.61. The Kier molecular flexibility index (Phi) is 5.48. The summed E-state index contributed by atoms with van der Waals surface area (Å²) >= 11 is 0. The summed E-state index contributed by atoms with van der Waals surface area (Å²) in [5.41, 5.74) is 0.167. The first-order valence-corrected chi connectivity index (χ1v) is 6.21. The van der Waals surface area contributed by atoms with Gasteiger partial charge in [-0.15, -0.1) is 0 Å². The van der Waals surface area contributed by atoms with Crippen LogP contribution in [-0.2, 0) is 20.7 Å². The van der Waals surface area contributed by atoms with Gasteiger partial charge >= 0.3 is 5.97 Å². The van der Waals surface area contributed by atoms with E-state index in [0.29, 0.717) is 12.8 Å². The summed E-state index contributed by atoms with van der Waals surface area (Å²) in [5.74, 6) is -0.430. The fourth-order valence-corrected chi connectivity index (χ4v) is 1.54. The van der Waals surface area contributed by atoms with E-state index in [0.717, 1.165) is 5.69 Å². The molecule has 19 heavy (non-hydrogen) atoms. The Balaban J connectivity index is 2.34. The first-order chi connectivity index (χ1) is 8.95. The number of hydrogen-bond acceptors (Lipinski definition) is 4. The average molecular weight is 264 g/mol. The molecule has 0 saturated carbocycles. The van der Waals surface area contributed by atoms with Crippen LogP contribution in [0.5, 0.6) is 0 Å². The highest BCUT2D eigenvalue weighted by molar-refractivity contribution is 5.79. The molecular weight excluding hydrogens is 244 g/mol. The monoisotopic (exact) mass is 264 g/mol. The van der Waals surface area contributed by atoms with Crippen LogP contribution in [0.25, 0.3) is 0 Å². The van der Waals surface area contributed by atoms with Crippen molar-refractivity contribution in [2.75, 3.05) is 13.7 Å².